The summed E-state index contributed by atoms with van der Waals surface area (Å²) >= 11 is 12.9. The molecule has 0 saturated heterocycles. The Morgan fingerprint density at radius 3 is 2.59 bits per heavy atom. The maximum absolute atomic E-state index is 13.0. The van der Waals surface area contributed by atoms with Crippen LogP contribution in [0.4, 0.5) is 0 Å². The number of hydrogen-bond acceptors (Lipinski definition) is 6. The van der Waals surface area contributed by atoms with Crippen molar-refractivity contribution >= 4 is 35.1 Å². The van der Waals surface area contributed by atoms with Crippen LogP contribution >= 0.6 is 23.2 Å². The first-order chi connectivity index (χ1) is 15.4. The van der Waals surface area contributed by atoms with Crippen LogP contribution in [-0.2, 0) is 25.5 Å². The molecule has 32 heavy (non-hydrogen) atoms. The maximum Gasteiger partial charge on any atom is 0.328 e. The highest BCUT2D eigenvalue weighted by Crippen LogP contribution is 2.34. The molecule has 0 aliphatic heterocycles. The molecule has 1 aliphatic carbocycles. The highest BCUT2D eigenvalue weighted by atomic mass is 35.5. The number of esters is 1. The summed E-state index contributed by atoms with van der Waals surface area (Å²) in [5, 5.41) is 12.1. The molecule has 0 bridgehead atoms. The number of aliphatic hydroxyl groups is 1. The van der Waals surface area contributed by atoms with Gasteiger partial charge in [0.05, 0.1) is 35.5 Å². The smallest absolute Gasteiger partial charge is 0.328 e. The lowest BCUT2D eigenvalue weighted by molar-refractivity contribution is -0.149. The zero-order valence-corrected chi connectivity index (χ0v) is 19.9. The molecular weight excluding hydrogens is 455 g/mol. The van der Waals surface area contributed by atoms with Crippen LogP contribution in [0.15, 0.2) is 30.3 Å². The van der Waals surface area contributed by atoms with Gasteiger partial charge in [-0.25, -0.2) is 4.79 Å². The number of aliphatic hydroxyl groups excluding tert-OH is 1. The molecular formula is C23H34Cl2N2O5. The Hall–Kier alpha value is -1.38. The van der Waals surface area contributed by atoms with Crippen LogP contribution in [0.25, 0.3) is 0 Å². The third-order valence-corrected chi connectivity index (χ3v) is 6.49. The van der Waals surface area contributed by atoms with Gasteiger partial charge in [0, 0.05) is 13.0 Å². The summed E-state index contributed by atoms with van der Waals surface area (Å²) in [6.07, 6.45) is 1.41. The van der Waals surface area contributed by atoms with Crippen molar-refractivity contribution in [1.82, 2.24) is 5.32 Å². The SMILES string of the molecule is CCOC(=O)[C@@H](Cc1ccccc1)NC(=O)C1CC(Cl)C(OCCCCCN)C(Cl)C1O. The minimum Gasteiger partial charge on any atom is -0.464 e. The molecule has 6 atom stereocenters. The molecule has 1 amide bonds. The first-order valence-corrected chi connectivity index (χ1v) is 12.0. The van der Waals surface area contributed by atoms with E-state index in [-0.39, 0.29) is 19.4 Å². The first kappa shape index (κ1) is 26.9. The summed E-state index contributed by atoms with van der Waals surface area (Å²) in [5.41, 5.74) is 6.37. The van der Waals surface area contributed by atoms with Crippen LogP contribution in [0.2, 0.25) is 0 Å². The number of halogens is 2. The van der Waals surface area contributed by atoms with Gasteiger partial charge in [0.1, 0.15) is 6.04 Å². The van der Waals surface area contributed by atoms with Gasteiger partial charge in [-0.3, -0.25) is 4.79 Å². The number of rotatable bonds is 12. The molecule has 9 heteroatoms. The van der Waals surface area contributed by atoms with Crippen molar-refractivity contribution in [3.8, 4) is 0 Å². The molecule has 1 aromatic carbocycles. The number of ether oxygens (including phenoxy) is 2. The molecule has 180 valence electrons. The summed E-state index contributed by atoms with van der Waals surface area (Å²) in [7, 11) is 0. The lowest BCUT2D eigenvalue weighted by Crippen LogP contribution is -2.56. The minimum absolute atomic E-state index is 0.187. The number of carbonyl (C=O) groups is 2. The number of unbranched alkanes of at least 4 members (excludes halogenated alkanes) is 2. The van der Waals surface area contributed by atoms with Crippen LogP contribution in [0.1, 0.15) is 38.2 Å². The van der Waals surface area contributed by atoms with E-state index in [2.05, 4.69) is 5.32 Å². The Bertz CT molecular complexity index is 709. The van der Waals surface area contributed by atoms with Gasteiger partial charge in [-0.05, 0) is 44.7 Å². The molecule has 0 heterocycles. The molecule has 1 aliphatic rings. The molecule has 1 saturated carbocycles. The Morgan fingerprint density at radius 2 is 1.94 bits per heavy atom. The highest BCUT2D eigenvalue weighted by Gasteiger charge is 2.46. The Labute approximate surface area is 199 Å². The Kier molecular flexibility index (Phi) is 11.8. The summed E-state index contributed by atoms with van der Waals surface area (Å²) in [6, 6.07) is 8.45. The molecule has 2 rings (SSSR count). The van der Waals surface area contributed by atoms with E-state index < -0.39 is 46.8 Å². The highest BCUT2D eigenvalue weighted by molar-refractivity contribution is 6.25. The van der Waals surface area contributed by atoms with Gasteiger partial charge in [-0.2, -0.15) is 0 Å². The van der Waals surface area contributed by atoms with Gasteiger partial charge in [-0.1, -0.05) is 30.3 Å². The third kappa shape index (κ3) is 7.89. The Balaban J connectivity index is 1.99. The van der Waals surface area contributed by atoms with Crippen molar-refractivity contribution < 1.29 is 24.2 Å². The normalized spacial score (nSPS) is 26.3. The summed E-state index contributed by atoms with van der Waals surface area (Å²) < 4.78 is 10.9. The van der Waals surface area contributed by atoms with E-state index in [1.54, 1.807) is 6.92 Å². The summed E-state index contributed by atoms with van der Waals surface area (Å²) in [4.78, 5) is 25.4. The van der Waals surface area contributed by atoms with Gasteiger partial charge in [0.2, 0.25) is 5.91 Å². The second-order valence-electron chi connectivity index (χ2n) is 7.98. The lowest BCUT2D eigenvalue weighted by Gasteiger charge is -2.39. The molecule has 1 fully saturated rings. The number of carbonyl (C=O) groups excluding carboxylic acids is 2. The predicted octanol–water partition coefficient (Wildman–Crippen LogP) is 2.39. The standard InChI is InChI=1S/C23H34Cl2N2O5/c1-2-31-23(30)18(13-15-9-5-3-6-10-15)27-22(29)16-14-17(24)21(19(25)20(16)28)32-12-8-4-7-11-26/h3,5-6,9-10,16-21,28H,2,4,7-8,11-14,26H2,1H3,(H,27,29)/t16?,17?,18-,19?,20?,21?/m1/s1. The topological polar surface area (TPSA) is 111 Å². The zero-order chi connectivity index (χ0) is 23.5. The monoisotopic (exact) mass is 488 g/mol. The van der Waals surface area contributed by atoms with Gasteiger partial charge in [-0.15, -0.1) is 23.2 Å². The summed E-state index contributed by atoms with van der Waals surface area (Å²) in [6.45, 7) is 3.00. The number of alkyl halides is 2. The van der Waals surface area contributed by atoms with E-state index >= 15 is 0 Å². The fourth-order valence-electron chi connectivity index (χ4n) is 3.80. The number of nitrogens with one attached hydrogen (secondary N) is 1. The van der Waals surface area contributed by atoms with Crippen molar-refractivity contribution in [2.75, 3.05) is 19.8 Å². The quantitative estimate of drug-likeness (QED) is 0.236. The zero-order valence-electron chi connectivity index (χ0n) is 18.4. The van der Waals surface area contributed by atoms with Crippen molar-refractivity contribution in [1.29, 1.82) is 0 Å². The second-order valence-corrected chi connectivity index (χ2v) is 9.05. The van der Waals surface area contributed by atoms with Crippen LogP contribution in [-0.4, -0.2) is 65.7 Å². The average Bonchev–Trinajstić information content (AvgIpc) is 2.78. The molecule has 0 aromatic heterocycles. The van der Waals surface area contributed by atoms with E-state index in [1.807, 2.05) is 30.3 Å². The lowest BCUT2D eigenvalue weighted by atomic mass is 9.83. The van der Waals surface area contributed by atoms with E-state index in [1.165, 1.54) is 0 Å². The molecule has 0 radical (unpaired) electrons. The van der Waals surface area contributed by atoms with E-state index in [0.717, 1.165) is 24.8 Å². The van der Waals surface area contributed by atoms with Crippen molar-refractivity contribution in [2.24, 2.45) is 11.7 Å². The molecule has 1 aromatic rings. The van der Waals surface area contributed by atoms with Gasteiger partial charge < -0.3 is 25.6 Å². The maximum atomic E-state index is 13.0. The van der Waals surface area contributed by atoms with E-state index in [0.29, 0.717) is 13.2 Å². The minimum atomic E-state index is -1.15. The number of benzene rings is 1. The van der Waals surface area contributed by atoms with Crippen LogP contribution in [0, 0.1) is 5.92 Å². The van der Waals surface area contributed by atoms with Gasteiger partial charge in [0.25, 0.3) is 0 Å². The van der Waals surface area contributed by atoms with Gasteiger partial charge >= 0.3 is 5.97 Å². The van der Waals surface area contributed by atoms with Crippen molar-refractivity contribution in [3.63, 3.8) is 0 Å². The number of nitrogens with two attached hydrogens (primary N) is 1. The number of hydrogen-bond donors (Lipinski definition) is 3. The predicted molar refractivity (Wildman–Crippen MR) is 125 cm³/mol. The van der Waals surface area contributed by atoms with E-state index in [4.69, 9.17) is 38.4 Å². The van der Waals surface area contributed by atoms with Gasteiger partial charge in [0.15, 0.2) is 0 Å². The summed E-state index contributed by atoms with van der Waals surface area (Å²) in [5.74, 6) is -1.87. The Morgan fingerprint density at radius 1 is 1.22 bits per heavy atom. The van der Waals surface area contributed by atoms with Crippen molar-refractivity contribution in [2.45, 2.75) is 68.0 Å². The van der Waals surface area contributed by atoms with Crippen LogP contribution in [0.3, 0.4) is 0 Å². The number of amides is 1. The second kappa shape index (κ2) is 14.0. The van der Waals surface area contributed by atoms with E-state index in [9.17, 15) is 14.7 Å². The fraction of sp³-hybridized carbons (Fsp3) is 0.652. The first-order valence-electron chi connectivity index (χ1n) is 11.2. The largest absolute Gasteiger partial charge is 0.464 e. The molecule has 0 spiro atoms. The van der Waals surface area contributed by atoms with Crippen LogP contribution in [0.5, 0.6) is 0 Å². The molecule has 4 N–H and O–H groups in total. The third-order valence-electron chi connectivity index (χ3n) is 5.55. The molecule has 7 nitrogen and oxygen atoms in total. The van der Waals surface area contributed by atoms with Crippen LogP contribution < -0.4 is 11.1 Å². The van der Waals surface area contributed by atoms with Crippen molar-refractivity contribution in [3.05, 3.63) is 35.9 Å². The fourth-order valence-corrected chi connectivity index (χ4v) is 4.72. The molecule has 5 unspecified atom stereocenters. The average molecular weight is 489 g/mol.